The first-order chi connectivity index (χ1) is 13.8. The Labute approximate surface area is 166 Å². The molecule has 0 saturated heterocycles. The fourth-order valence-corrected chi connectivity index (χ4v) is 3.53. The molecule has 3 nitrogen and oxygen atoms in total. The molecule has 4 aromatic rings. The van der Waals surface area contributed by atoms with Crippen molar-refractivity contribution in [2.24, 2.45) is 0 Å². The first-order valence-corrected chi connectivity index (χ1v) is 9.64. The largest absolute Gasteiger partial charge is 0.367 e. The van der Waals surface area contributed by atoms with Crippen molar-refractivity contribution in [2.75, 3.05) is 6.61 Å². The number of aromatic nitrogens is 2. The Balaban J connectivity index is 1.93. The van der Waals surface area contributed by atoms with Crippen LogP contribution in [0.1, 0.15) is 29.8 Å². The summed E-state index contributed by atoms with van der Waals surface area (Å²) < 4.78 is 8.41. The Morgan fingerprint density at radius 1 is 0.893 bits per heavy atom. The van der Waals surface area contributed by atoms with Crippen LogP contribution >= 0.6 is 0 Å². The van der Waals surface area contributed by atoms with E-state index in [1.807, 2.05) is 49.5 Å². The molecule has 0 N–H and O–H groups in total. The summed E-state index contributed by atoms with van der Waals surface area (Å²) in [6.07, 6.45) is 1.76. The van der Waals surface area contributed by atoms with Gasteiger partial charge in [-0.05, 0) is 37.1 Å². The van der Waals surface area contributed by atoms with Crippen LogP contribution in [0.2, 0.25) is 0 Å². The van der Waals surface area contributed by atoms with Crippen molar-refractivity contribution in [3.8, 4) is 17.1 Å². The minimum absolute atomic E-state index is 0.184. The van der Waals surface area contributed by atoms with E-state index in [9.17, 15) is 0 Å². The first-order valence-electron chi connectivity index (χ1n) is 9.64. The Bertz CT molecular complexity index is 1040. The van der Waals surface area contributed by atoms with Crippen LogP contribution in [-0.4, -0.2) is 16.2 Å². The lowest BCUT2D eigenvalue weighted by Crippen LogP contribution is -2.12. The number of hydrogen-bond donors (Lipinski definition) is 0. The molecule has 0 radical (unpaired) electrons. The van der Waals surface area contributed by atoms with Crippen LogP contribution in [0.25, 0.3) is 17.1 Å². The molecule has 1 atom stereocenters. The maximum absolute atomic E-state index is 6.19. The molecular formula is C25H24N2O. The van der Waals surface area contributed by atoms with Gasteiger partial charge in [-0.15, -0.1) is 0 Å². The Hall–Kier alpha value is -3.17. The maximum atomic E-state index is 6.19. The van der Waals surface area contributed by atoms with Crippen LogP contribution in [0.15, 0.2) is 91.1 Å². The summed E-state index contributed by atoms with van der Waals surface area (Å²) in [7, 11) is 0. The van der Waals surface area contributed by atoms with Crippen LogP contribution < -0.4 is 0 Å². The smallest absolute Gasteiger partial charge is 0.144 e. The van der Waals surface area contributed by atoms with Crippen LogP contribution in [0.3, 0.4) is 0 Å². The van der Waals surface area contributed by atoms with Gasteiger partial charge in [0.1, 0.15) is 11.9 Å². The summed E-state index contributed by atoms with van der Waals surface area (Å²) in [6, 6.07) is 29.1. The predicted molar refractivity (Wildman–Crippen MR) is 114 cm³/mol. The summed E-state index contributed by atoms with van der Waals surface area (Å²) in [4.78, 5) is 4.80. The van der Waals surface area contributed by atoms with Crippen molar-refractivity contribution in [2.45, 2.75) is 20.0 Å². The van der Waals surface area contributed by atoms with Gasteiger partial charge in [0, 0.05) is 17.9 Å². The van der Waals surface area contributed by atoms with E-state index in [1.54, 1.807) is 0 Å². The highest BCUT2D eigenvalue weighted by Crippen LogP contribution is 2.32. The van der Waals surface area contributed by atoms with Gasteiger partial charge in [-0.3, -0.25) is 4.57 Å². The fraction of sp³-hybridized carbons (Fsp3) is 0.160. The zero-order valence-corrected chi connectivity index (χ0v) is 16.2. The van der Waals surface area contributed by atoms with Crippen molar-refractivity contribution >= 4 is 0 Å². The number of nitrogens with zero attached hydrogens (tertiary/aromatic N) is 2. The van der Waals surface area contributed by atoms with Crippen LogP contribution in [-0.2, 0) is 4.74 Å². The van der Waals surface area contributed by atoms with Crippen molar-refractivity contribution in [1.82, 2.24) is 9.55 Å². The second-order valence-corrected chi connectivity index (χ2v) is 6.79. The van der Waals surface area contributed by atoms with Crippen LogP contribution in [0.5, 0.6) is 0 Å². The van der Waals surface area contributed by atoms with Gasteiger partial charge >= 0.3 is 0 Å². The van der Waals surface area contributed by atoms with Crippen molar-refractivity contribution in [1.29, 1.82) is 0 Å². The van der Waals surface area contributed by atoms with Gasteiger partial charge in [0.15, 0.2) is 0 Å². The molecule has 4 rings (SSSR count). The highest BCUT2D eigenvalue weighted by molar-refractivity contribution is 5.60. The molecule has 0 amide bonds. The zero-order chi connectivity index (χ0) is 19.3. The third-order valence-corrected chi connectivity index (χ3v) is 4.79. The highest BCUT2D eigenvalue weighted by atomic mass is 16.5. The zero-order valence-electron chi connectivity index (χ0n) is 16.2. The molecule has 1 unspecified atom stereocenters. The summed E-state index contributed by atoms with van der Waals surface area (Å²) in [5, 5.41) is 0. The summed E-state index contributed by atoms with van der Waals surface area (Å²) >= 11 is 0. The lowest BCUT2D eigenvalue weighted by atomic mass is 10.1. The molecular weight excluding hydrogens is 344 g/mol. The van der Waals surface area contributed by atoms with Gasteiger partial charge in [0.25, 0.3) is 0 Å². The molecule has 1 heterocycles. The topological polar surface area (TPSA) is 27.1 Å². The average molecular weight is 368 g/mol. The molecule has 0 aliphatic heterocycles. The second-order valence-electron chi connectivity index (χ2n) is 6.79. The SMILES string of the molecule is CCOC(c1ccccc1)c1cnc(-c2ccccc2)n1-c1cccc(C)c1. The molecule has 0 bridgehead atoms. The molecule has 0 aliphatic rings. The van der Waals surface area contributed by atoms with E-state index >= 15 is 0 Å². The third kappa shape index (κ3) is 3.62. The number of rotatable bonds is 6. The summed E-state index contributed by atoms with van der Waals surface area (Å²) in [6.45, 7) is 4.76. The molecule has 3 aromatic carbocycles. The van der Waals surface area contributed by atoms with E-state index in [4.69, 9.17) is 9.72 Å². The van der Waals surface area contributed by atoms with Gasteiger partial charge in [-0.2, -0.15) is 0 Å². The summed E-state index contributed by atoms with van der Waals surface area (Å²) in [5.74, 6) is 0.918. The van der Waals surface area contributed by atoms with E-state index in [2.05, 4.69) is 60.0 Å². The molecule has 0 fully saturated rings. The lowest BCUT2D eigenvalue weighted by molar-refractivity contribution is 0.0873. The van der Waals surface area contributed by atoms with E-state index in [0.717, 1.165) is 28.3 Å². The van der Waals surface area contributed by atoms with Crippen LogP contribution in [0, 0.1) is 6.92 Å². The van der Waals surface area contributed by atoms with Crippen LogP contribution in [0.4, 0.5) is 0 Å². The third-order valence-electron chi connectivity index (χ3n) is 4.79. The average Bonchev–Trinajstić information content (AvgIpc) is 3.18. The normalized spacial score (nSPS) is 12.1. The van der Waals surface area contributed by atoms with Crippen molar-refractivity contribution in [3.63, 3.8) is 0 Å². The van der Waals surface area contributed by atoms with Gasteiger partial charge in [-0.25, -0.2) is 4.98 Å². The van der Waals surface area contributed by atoms with E-state index < -0.39 is 0 Å². The Morgan fingerprint density at radius 3 is 2.29 bits per heavy atom. The van der Waals surface area contributed by atoms with Gasteiger partial charge < -0.3 is 4.74 Å². The molecule has 0 saturated carbocycles. The standard InChI is InChI=1S/C25H24N2O/c1-3-28-24(20-12-6-4-7-13-20)23-18-26-25(21-14-8-5-9-15-21)27(23)22-16-10-11-19(2)17-22/h4-18,24H,3H2,1-2H3. The maximum Gasteiger partial charge on any atom is 0.144 e. The van der Waals surface area contributed by atoms with Crippen molar-refractivity contribution < 1.29 is 4.74 Å². The number of aryl methyl sites for hydroxylation is 1. The number of hydrogen-bond acceptors (Lipinski definition) is 2. The summed E-state index contributed by atoms with van der Waals surface area (Å²) in [5.41, 5.74) is 5.53. The quantitative estimate of drug-likeness (QED) is 0.419. The van der Waals surface area contributed by atoms with Gasteiger partial charge in [0.05, 0.1) is 11.9 Å². The number of benzene rings is 3. The van der Waals surface area contributed by atoms with Gasteiger partial charge in [0.2, 0.25) is 0 Å². The first kappa shape index (κ1) is 18.2. The molecule has 140 valence electrons. The molecule has 0 spiro atoms. The van der Waals surface area contributed by atoms with E-state index in [-0.39, 0.29) is 6.10 Å². The molecule has 1 aromatic heterocycles. The highest BCUT2D eigenvalue weighted by Gasteiger charge is 2.23. The number of imidazole rings is 1. The lowest BCUT2D eigenvalue weighted by Gasteiger charge is -2.21. The molecule has 0 aliphatic carbocycles. The minimum Gasteiger partial charge on any atom is -0.367 e. The fourth-order valence-electron chi connectivity index (χ4n) is 3.53. The minimum atomic E-state index is -0.184. The van der Waals surface area contributed by atoms with E-state index in [0.29, 0.717) is 6.61 Å². The molecule has 28 heavy (non-hydrogen) atoms. The molecule has 3 heteroatoms. The van der Waals surface area contributed by atoms with E-state index in [1.165, 1.54) is 5.56 Å². The monoisotopic (exact) mass is 368 g/mol. The number of ether oxygens (including phenoxy) is 1. The predicted octanol–water partition coefficient (Wildman–Crippen LogP) is 5.97. The second kappa shape index (κ2) is 8.24. The van der Waals surface area contributed by atoms with Crippen molar-refractivity contribution in [3.05, 3.63) is 108 Å². The van der Waals surface area contributed by atoms with Gasteiger partial charge in [-0.1, -0.05) is 72.8 Å². The Morgan fingerprint density at radius 2 is 1.61 bits per heavy atom. The Kier molecular flexibility index (Phi) is 5.36.